The number of aryl methyl sites for hydroxylation is 2. The van der Waals surface area contributed by atoms with E-state index in [9.17, 15) is 24.8 Å². The van der Waals surface area contributed by atoms with Crippen molar-refractivity contribution in [3.8, 4) is 17.6 Å². The van der Waals surface area contributed by atoms with Crippen LogP contribution in [-0.4, -0.2) is 35.7 Å². The third kappa shape index (κ3) is 7.42. The lowest BCUT2D eigenvalue weighted by Gasteiger charge is -2.12. The van der Waals surface area contributed by atoms with Gasteiger partial charge in [0, 0.05) is 6.42 Å². The Morgan fingerprint density at radius 2 is 1.26 bits per heavy atom. The van der Waals surface area contributed by atoms with Gasteiger partial charge in [-0.3, -0.25) is 0 Å². The molecule has 0 spiro atoms. The summed E-state index contributed by atoms with van der Waals surface area (Å²) in [4.78, 5) is 39.5. The molecule has 1 unspecified atom stereocenters. The van der Waals surface area contributed by atoms with E-state index >= 15 is 0 Å². The summed E-state index contributed by atoms with van der Waals surface area (Å²) < 4.78 is 16.9. The molecule has 0 saturated heterocycles. The predicted molar refractivity (Wildman–Crippen MR) is 160 cm³/mol. The lowest BCUT2D eigenvalue weighted by atomic mass is 10.1. The first-order valence-corrected chi connectivity index (χ1v) is 15.0. The van der Waals surface area contributed by atoms with Crippen LogP contribution in [0.1, 0.15) is 59.0 Å². The molecule has 0 aliphatic carbocycles. The Morgan fingerprint density at radius 1 is 0.810 bits per heavy atom. The Balaban J connectivity index is 1.66. The lowest BCUT2D eigenvalue weighted by molar-refractivity contribution is -0.139. The third-order valence-electron chi connectivity index (χ3n) is 6.32. The maximum atomic E-state index is 13.0. The Morgan fingerprint density at radius 3 is 1.64 bits per heavy atom. The fourth-order valence-electron chi connectivity index (χ4n) is 3.83. The van der Waals surface area contributed by atoms with Crippen molar-refractivity contribution >= 4 is 41.4 Å². The number of aliphatic hydroxyl groups excluding tert-OH is 1. The number of thioether (sulfide) groups is 2. The second-order valence-electron chi connectivity index (χ2n) is 9.35. The number of carbonyl (C=O) groups is 3. The second-order valence-corrected chi connectivity index (χ2v) is 11.7. The van der Waals surface area contributed by atoms with Crippen LogP contribution >= 0.6 is 23.5 Å². The van der Waals surface area contributed by atoms with E-state index in [1.54, 1.807) is 31.2 Å². The van der Waals surface area contributed by atoms with Gasteiger partial charge in [-0.25, -0.2) is 14.4 Å². The highest BCUT2D eigenvalue weighted by Gasteiger charge is 2.32. The average Bonchev–Trinajstić information content (AvgIpc) is 3.44. The quantitative estimate of drug-likeness (QED) is 0.119. The number of ether oxygens (including phenoxy) is 3. The minimum absolute atomic E-state index is 0.0589. The molecule has 42 heavy (non-hydrogen) atoms. The van der Waals surface area contributed by atoms with Gasteiger partial charge in [-0.15, -0.1) is 0 Å². The SMILES string of the molecule is CCc1ccc(C(=O)Oc2ccc(OC(=O)c3ccc(CC)cc3)c3c2SC(=C(C#N)C(=O)OCCC(C)O)S3)cc1. The molecule has 3 aromatic rings. The maximum Gasteiger partial charge on any atom is 0.350 e. The van der Waals surface area contributed by atoms with Gasteiger partial charge in [0.15, 0.2) is 5.57 Å². The topological polar surface area (TPSA) is 123 Å². The number of esters is 3. The van der Waals surface area contributed by atoms with Gasteiger partial charge in [0.05, 0.1) is 37.9 Å². The fourth-order valence-corrected chi connectivity index (χ4v) is 6.39. The molecule has 10 heteroatoms. The Kier molecular flexibility index (Phi) is 10.5. The normalized spacial score (nSPS) is 12.6. The second kappa shape index (κ2) is 14.2. The first-order valence-electron chi connectivity index (χ1n) is 13.4. The van der Waals surface area contributed by atoms with E-state index in [-0.39, 0.29) is 34.3 Å². The zero-order chi connectivity index (χ0) is 30.2. The number of nitrogens with zero attached hydrogens (tertiary/aromatic N) is 1. The van der Waals surface area contributed by atoms with Gasteiger partial charge in [0.25, 0.3) is 0 Å². The molecule has 1 aliphatic rings. The van der Waals surface area contributed by atoms with Crippen molar-refractivity contribution in [3.05, 3.63) is 92.7 Å². The number of nitriles is 1. The molecule has 0 bridgehead atoms. The van der Waals surface area contributed by atoms with Crippen molar-refractivity contribution in [1.82, 2.24) is 0 Å². The molecule has 0 radical (unpaired) electrons. The number of benzene rings is 3. The third-order valence-corrected chi connectivity index (χ3v) is 8.95. The molecule has 1 heterocycles. The van der Waals surface area contributed by atoms with Crippen LogP contribution in [0.5, 0.6) is 11.5 Å². The van der Waals surface area contributed by atoms with E-state index in [1.807, 2.05) is 44.2 Å². The molecule has 3 aromatic carbocycles. The van der Waals surface area contributed by atoms with Crippen molar-refractivity contribution in [1.29, 1.82) is 5.26 Å². The summed E-state index contributed by atoms with van der Waals surface area (Å²) in [6, 6.07) is 19.1. The molecular weight excluding hydrogens is 574 g/mol. The minimum Gasteiger partial charge on any atom is -0.461 e. The van der Waals surface area contributed by atoms with E-state index < -0.39 is 24.0 Å². The number of aliphatic hydroxyl groups is 1. The molecule has 1 atom stereocenters. The molecule has 1 aliphatic heterocycles. The summed E-state index contributed by atoms with van der Waals surface area (Å²) in [5.41, 5.74) is 2.63. The first-order chi connectivity index (χ1) is 20.2. The van der Waals surface area contributed by atoms with Crippen molar-refractivity contribution in [2.75, 3.05) is 6.61 Å². The van der Waals surface area contributed by atoms with Crippen molar-refractivity contribution < 1.29 is 33.7 Å². The highest BCUT2D eigenvalue weighted by Crippen LogP contribution is 2.59. The van der Waals surface area contributed by atoms with Crippen LogP contribution in [0.4, 0.5) is 0 Å². The molecule has 0 aromatic heterocycles. The predicted octanol–water partition coefficient (Wildman–Crippen LogP) is 6.50. The molecule has 1 N–H and O–H groups in total. The summed E-state index contributed by atoms with van der Waals surface area (Å²) in [5.74, 6) is -1.63. The van der Waals surface area contributed by atoms with E-state index in [4.69, 9.17) is 14.2 Å². The van der Waals surface area contributed by atoms with Gasteiger partial charge in [-0.05, 0) is 67.3 Å². The van der Waals surface area contributed by atoms with Gasteiger partial charge in [0.2, 0.25) is 0 Å². The molecular formula is C32H29NO7S2. The molecule has 216 valence electrons. The molecule has 0 amide bonds. The number of carbonyl (C=O) groups excluding carboxylic acids is 3. The molecule has 0 saturated carbocycles. The molecule has 0 fully saturated rings. The van der Waals surface area contributed by atoms with E-state index in [2.05, 4.69) is 0 Å². The van der Waals surface area contributed by atoms with Crippen LogP contribution in [0.25, 0.3) is 0 Å². The van der Waals surface area contributed by atoms with Crippen LogP contribution in [0.3, 0.4) is 0 Å². The van der Waals surface area contributed by atoms with Gasteiger partial charge in [-0.2, -0.15) is 5.26 Å². The fraction of sp³-hybridized carbons (Fsp3) is 0.250. The highest BCUT2D eigenvalue weighted by molar-refractivity contribution is 8.24. The number of hydrogen-bond donors (Lipinski definition) is 1. The van der Waals surface area contributed by atoms with Gasteiger partial charge in [0.1, 0.15) is 17.6 Å². The maximum absolute atomic E-state index is 13.0. The van der Waals surface area contributed by atoms with Gasteiger partial charge < -0.3 is 19.3 Å². The number of rotatable bonds is 10. The van der Waals surface area contributed by atoms with E-state index in [0.29, 0.717) is 20.9 Å². The van der Waals surface area contributed by atoms with Gasteiger partial charge in [-0.1, -0.05) is 61.6 Å². The van der Waals surface area contributed by atoms with Gasteiger partial charge >= 0.3 is 17.9 Å². The molecule has 8 nitrogen and oxygen atoms in total. The van der Waals surface area contributed by atoms with Crippen LogP contribution in [-0.2, 0) is 22.4 Å². The standard InChI is InChI=1S/C32H29NO7S2/c1-4-20-6-10-22(11-7-20)29(35)39-25-14-15-26(40-30(36)23-12-8-21(5-2)9-13-23)28-27(25)41-32(42-28)24(18-33)31(37)38-17-16-19(3)34/h6-15,19,34H,4-5,16-17H2,1-3H3. The summed E-state index contributed by atoms with van der Waals surface area (Å²) in [6.45, 7) is 5.54. The zero-order valence-corrected chi connectivity index (χ0v) is 25.0. The zero-order valence-electron chi connectivity index (χ0n) is 23.3. The highest BCUT2D eigenvalue weighted by atomic mass is 32.2. The smallest absolute Gasteiger partial charge is 0.350 e. The van der Waals surface area contributed by atoms with Crippen molar-refractivity contribution in [3.63, 3.8) is 0 Å². The van der Waals surface area contributed by atoms with Crippen LogP contribution in [0.2, 0.25) is 0 Å². The van der Waals surface area contributed by atoms with E-state index in [1.165, 1.54) is 12.1 Å². The Bertz CT molecular complexity index is 1460. The average molecular weight is 604 g/mol. The molecule has 4 rings (SSSR count). The van der Waals surface area contributed by atoms with Crippen LogP contribution in [0, 0.1) is 11.3 Å². The van der Waals surface area contributed by atoms with E-state index in [0.717, 1.165) is 47.5 Å². The van der Waals surface area contributed by atoms with Crippen molar-refractivity contribution in [2.45, 2.75) is 55.9 Å². The Hall–Kier alpha value is -4.04. The number of fused-ring (bicyclic) bond motifs is 1. The van der Waals surface area contributed by atoms with Crippen molar-refractivity contribution in [2.24, 2.45) is 0 Å². The van der Waals surface area contributed by atoms with Crippen LogP contribution in [0.15, 0.2) is 80.3 Å². The summed E-state index contributed by atoms with van der Waals surface area (Å²) >= 11 is 2.10. The summed E-state index contributed by atoms with van der Waals surface area (Å²) in [5, 5.41) is 19.3. The summed E-state index contributed by atoms with van der Waals surface area (Å²) in [7, 11) is 0. The lowest BCUT2D eigenvalue weighted by Crippen LogP contribution is -2.12. The summed E-state index contributed by atoms with van der Waals surface area (Å²) in [6.07, 6.45) is 1.22. The number of hydrogen-bond acceptors (Lipinski definition) is 10. The monoisotopic (exact) mass is 603 g/mol. The minimum atomic E-state index is -0.843. The first kappa shape index (κ1) is 30.9. The Labute approximate surface area is 252 Å². The largest absolute Gasteiger partial charge is 0.461 e. The van der Waals surface area contributed by atoms with Crippen LogP contribution < -0.4 is 9.47 Å².